The fourth-order valence-electron chi connectivity index (χ4n) is 0.833. The van der Waals surface area contributed by atoms with Crippen LogP contribution in [0.2, 0.25) is 0 Å². The number of amides is 1. The topological polar surface area (TPSA) is 60.9 Å². The number of hydrogen-bond acceptors (Lipinski definition) is 2. The average Bonchev–Trinajstić information content (AvgIpc) is 2.31. The molecule has 1 heterocycles. The molecular formula is C7H11N3O. The first-order valence-corrected chi connectivity index (χ1v) is 3.45. The summed E-state index contributed by atoms with van der Waals surface area (Å²) < 4.78 is 1.85. The van der Waals surface area contributed by atoms with Gasteiger partial charge in [0.15, 0.2) is 0 Å². The molecule has 1 rings (SSSR count). The van der Waals surface area contributed by atoms with Gasteiger partial charge in [0.05, 0.1) is 12.0 Å². The summed E-state index contributed by atoms with van der Waals surface area (Å²) in [6.07, 6.45) is 3.94. The molecule has 0 atom stereocenters. The summed E-state index contributed by atoms with van der Waals surface area (Å²) in [6.45, 7) is 2.52. The largest absolute Gasteiger partial charge is 0.370 e. The molecule has 0 fully saturated rings. The molecule has 0 aliphatic heterocycles. The van der Waals surface area contributed by atoms with Crippen molar-refractivity contribution in [1.29, 1.82) is 0 Å². The molecule has 0 aliphatic rings. The van der Waals surface area contributed by atoms with Crippen molar-refractivity contribution in [2.45, 2.75) is 19.9 Å². The SMILES string of the molecule is Cc1cn(CCC(N)=O)cn1. The van der Waals surface area contributed by atoms with Crippen LogP contribution in [0, 0.1) is 6.92 Å². The molecule has 0 spiro atoms. The van der Waals surface area contributed by atoms with Gasteiger partial charge in [-0.2, -0.15) is 0 Å². The molecule has 4 nitrogen and oxygen atoms in total. The number of aromatic nitrogens is 2. The van der Waals surface area contributed by atoms with Crippen LogP contribution in [0.5, 0.6) is 0 Å². The van der Waals surface area contributed by atoms with Gasteiger partial charge >= 0.3 is 0 Å². The number of aryl methyl sites for hydroxylation is 2. The second-order valence-corrected chi connectivity index (χ2v) is 2.47. The highest BCUT2D eigenvalue weighted by molar-refractivity contribution is 5.73. The molecule has 0 unspecified atom stereocenters. The molecule has 60 valence electrons. The van der Waals surface area contributed by atoms with Gasteiger partial charge < -0.3 is 10.3 Å². The van der Waals surface area contributed by atoms with Gasteiger partial charge in [-0.1, -0.05) is 0 Å². The number of carbonyl (C=O) groups excluding carboxylic acids is 1. The van der Waals surface area contributed by atoms with Gasteiger partial charge in [0.2, 0.25) is 5.91 Å². The monoisotopic (exact) mass is 153 g/mol. The lowest BCUT2D eigenvalue weighted by atomic mass is 10.4. The van der Waals surface area contributed by atoms with Crippen LogP contribution in [0.3, 0.4) is 0 Å². The second-order valence-electron chi connectivity index (χ2n) is 2.47. The minimum absolute atomic E-state index is 0.281. The zero-order valence-corrected chi connectivity index (χ0v) is 6.45. The Morgan fingerprint density at radius 2 is 2.55 bits per heavy atom. The fraction of sp³-hybridized carbons (Fsp3) is 0.429. The van der Waals surface area contributed by atoms with E-state index in [1.54, 1.807) is 6.33 Å². The number of hydrogen-bond donors (Lipinski definition) is 1. The summed E-state index contributed by atoms with van der Waals surface area (Å²) in [5.74, 6) is -0.281. The summed E-state index contributed by atoms with van der Waals surface area (Å²) in [5, 5.41) is 0. The zero-order chi connectivity index (χ0) is 8.27. The Hall–Kier alpha value is -1.32. The predicted octanol–water partition coefficient (Wildman–Crippen LogP) is 0.0669. The molecule has 1 amide bonds. The Labute approximate surface area is 65.0 Å². The molecule has 2 N–H and O–H groups in total. The number of nitrogens with two attached hydrogens (primary N) is 1. The molecular weight excluding hydrogens is 142 g/mol. The summed E-state index contributed by atoms with van der Waals surface area (Å²) in [6, 6.07) is 0. The van der Waals surface area contributed by atoms with E-state index < -0.39 is 0 Å². The molecule has 0 saturated carbocycles. The standard InChI is InChI=1S/C7H11N3O/c1-6-4-10(5-9-6)3-2-7(8)11/h4-5H,2-3H2,1H3,(H2,8,11). The molecule has 0 radical (unpaired) electrons. The maximum Gasteiger partial charge on any atom is 0.219 e. The van der Waals surface area contributed by atoms with E-state index in [0.29, 0.717) is 13.0 Å². The van der Waals surface area contributed by atoms with Crippen molar-refractivity contribution in [1.82, 2.24) is 9.55 Å². The fourth-order valence-corrected chi connectivity index (χ4v) is 0.833. The van der Waals surface area contributed by atoms with E-state index >= 15 is 0 Å². The van der Waals surface area contributed by atoms with Gasteiger partial charge in [-0.3, -0.25) is 4.79 Å². The van der Waals surface area contributed by atoms with E-state index in [0.717, 1.165) is 5.69 Å². The summed E-state index contributed by atoms with van der Waals surface area (Å²) >= 11 is 0. The van der Waals surface area contributed by atoms with Gasteiger partial charge in [-0.05, 0) is 6.92 Å². The van der Waals surface area contributed by atoms with Crippen molar-refractivity contribution < 1.29 is 4.79 Å². The lowest BCUT2D eigenvalue weighted by molar-refractivity contribution is -0.118. The molecule has 11 heavy (non-hydrogen) atoms. The Bertz CT molecular complexity index is 254. The number of imidazole rings is 1. The molecule has 0 saturated heterocycles. The molecule has 1 aromatic heterocycles. The van der Waals surface area contributed by atoms with Gasteiger partial charge in [-0.25, -0.2) is 4.98 Å². The van der Waals surface area contributed by atoms with Gasteiger partial charge in [0.25, 0.3) is 0 Å². The third-order valence-electron chi connectivity index (χ3n) is 1.38. The van der Waals surface area contributed by atoms with Crippen LogP contribution < -0.4 is 5.73 Å². The van der Waals surface area contributed by atoms with Crippen LogP contribution in [0.4, 0.5) is 0 Å². The first-order chi connectivity index (χ1) is 5.18. The maximum atomic E-state index is 10.4. The molecule has 0 aliphatic carbocycles. The highest BCUT2D eigenvalue weighted by atomic mass is 16.1. The summed E-state index contributed by atoms with van der Waals surface area (Å²) in [4.78, 5) is 14.4. The minimum Gasteiger partial charge on any atom is -0.370 e. The van der Waals surface area contributed by atoms with Crippen LogP contribution in [-0.4, -0.2) is 15.5 Å². The molecule has 4 heteroatoms. The second kappa shape index (κ2) is 3.18. The van der Waals surface area contributed by atoms with E-state index in [4.69, 9.17) is 5.73 Å². The van der Waals surface area contributed by atoms with E-state index in [2.05, 4.69) is 4.98 Å². The normalized spacial score (nSPS) is 9.91. The highest BCUT2D eigenvalue weighted by Gasteiger charge is 1.95. The molecule has 0 aromatic carbocycles. The Balaban J connectivity index is 2.45. The lowest BCUT2D eigenvalue weighted by Crippen LogP contribution is -2.13. The van der Waals surface area contributed by atoms with Crippen molar-refractivity contribution in [2.75, 3.05) is 0 Å². The van der Waals surface area contributed by atoms with Crippen molar-refractivity contribution in [3.05, 3.63) is 18.2 Å². The number of primary amides is 1. The van der Waals surface area contributed by atoms with Crippen LogP contribution in [0.15, 0.2) is 12.5 Å². The third kappa shape index (κ3) is 2.41. The summed E-state index contributed by atoms with van der Waals surface area (Å²) in [5.41, 5.74) is 5.93. The van der Waals surface area contributed by atoms with Crippen molar-refractivity contribution >= 4 is 5.91 Å². The number of carbonyl (C=O) groups is 1. The van der Waals surface area contributed by atoms with Crippen LogP contribution >= 0.6 is 0 Å². The van der Waals surface area contributed by atoms with E-state index in [9.17, 15) is 4.79 Å². The predicted molar refractivity (Wildman–Crippen MR) is 40.8 cm³/mol. The first-order valence-electron chi connectivity index (χ1n) is 3.45. The van der Waals surface area contributed by atoms with Crippen molar-refractivity contribution in [3.63, 3.8) is 0 Å². The minimum atomic E-state index is -0.281. The van der Waals surface area contributed by atoms with E-state index in [1.807, 2.05) is 17.7 Å². The average molecular weight is 153 g/mol. The quantitative estimate of drug-likeness (QED) is 0.667. The van der Waals surface area contributed by atoms with Crippen LogP contribution in [0.1, 0.15) is 12.1 Å². The van der Waals surface area contributed by atoms with Gasteiger partial charge in [0.1, 0.15) is 0 Å². The maximum absolute atomic E-state index is 10.4. The van der Waals surface area contributed by atoms with Crippen molar-refractivity contribution in [2.24, 2.45) is 5.73 Å². The Morgan fingerprint density at radius 3 is 3.00 bits per heavy atom. The molecule has 1 aromatic rings. The van der Waals surface area contributed by atoms with Gasteiger partial charge in [-0.15, -0.1) is 0 Å². The third-order valence-corrected chi connectivity index (χ3v) is 1.38. The van der Waals surface area contributed by atoms with Crippen LogP contribution in [-0.2, 0) is 11.3 Å². The smallest absolute Gasteiger partial charge is 0.219 e. The Morgan fingerprint density at radius 1 is 1.82 bits per heavy atom. The van der Waals surface area contributed by atoms with E-state index in [1.165, 1.54) is 0 Å². The number of nitrogens with zero attached hydrogens (tertiary/aromatic N) is 2. The lowest BCUT2D eigenvalue weighted by Gasteiger charge is -1.96. The van der Waals surface area contributed by atoms with Gasteiger partial charge in [0, 0.05) is 19.2 Å². The molecule has 0 bridgehead atoms. The van der Waals surface area contributed by atoms with Crippen LogP contribution in [0.25, 0.3) is 0 Å². The van der Waals surface area contributed by atoms with Crippen molar-refractivity contribution in [3.8, 4) is 0 Å². The number of rotatable bonds is 3. The Kier molecular flexibility index (Phi) is 2.25. The van der Waals surface area contributed by atoms with E-state index in [-0.39, 0.29) is 5.91 Å². The summed E-state index contributed by atoms with van der Waals surface area (Å²) in [7, 11) is 0. The zero-order valence-electron chi connectivity index (χ0n) is 6.45. The first kappa shape index (κ1) is 7.78. The highest BCUT2D eigenvalue weighted by Crippen LogP contribution is 1.94.